The van der Waals surface area contributed by atoms with E-state index in [1.807, 2.05) is 32.0 Å². The monoisotopic (exact) mass is 347 g/mol. The Morgan fingerprint density at radius 2 is 2.21 bits per heavy atom. The molecule has 0 heterocycles. The van der Waals surface area contributed by atoms with Gasteiger partial charge in [-0.2, -0.15) is 0 Å². The van der Waals surface area contributed by atoms with Gasteiger partial charge in [-0.3, -0.25) is 4.79 Å². The highest BCUT2D eigenvalue weighted by molar-refractivity contribution is 9.10. The number of carbonyl (C=O) groups is 1. The summed E-state index contributed by atoms with van der Waals surface area (Å²) in [5.41, 5.74) is 6.70. The molecule has 6 heteroatoms. The second-order valence-corrected chi connectivity index (χ2v) is 7.21. The summed E-state index contributed by atoms with van der Waals surface area (Å²) in [5.74, 6) is 0.436. The minimum Gasteiger partial charge on any atom is -0.496 e. The molecule has 0 aromatic heterocycles. The van der Waals surface area contributed by atoms with E-state index in [1.165, 1.54) is 11.8 Å². The zero-order chi connectivity index (χ0) is 14.6. The fourth-order valence-corrected chi connectivity index (χ4v) is 2.95. The third kappa shape index (κ3) is 4.40. The second kappa shape index (κ2) is 6.63. The smallest absolute Gasteiger partial charge is 0.321 e. The molecule has 19 heavy (non-hydrogen) atoms. The average molecular weight is 348 g/mol. The highest BCUT2D eigenvalue weighted by Gasteiger charge is 2.32. The van der Waals surface area contributed by atoms with Crippen molar-refractivity contribution in [3.05, 3.63) is 28.2 Å². The van der Waals surface area contributed by atoms with Crippen molar-refractivity contribution in [3.63, 3.8) is 0 Å². The lowest BCUT2D eigenvalue weighted by atomic mass is 10.1. The van der Waals surface area contributed by atoms with Crippen molar-refractivity contribution in [2.75, 3.05) is 7.11 Å². The number of hydrogen-bond acceptors (Lipinski definition) is 4. The van der Waals surface area contributed by atoms with Crippen molar-refractivity contribution < 1.29 is 14.6 Å². The van der Waals surface area contributed by atoms with E-state index < -0.39 is 16.8 Å². The fraction of sp³-hybridized carbons (Fsp3) is 0.462. The van der Waals surface area contributed by atoms with Crippen LogP contribution in [0.2, 0.25) is 0 Å². The van der Waals surface area contributed by atoms with Crippen molar-refractivity contribution in [2.45, 2.75) is 30.4 Å². The molecule has 1 aromatic rings. The Hall–Kier alpha value is -0.720. The zero-order valence-corrected chi connectivity index (χ0v) is 13.5. The Labute approximate surface area is 125 Å². The van der Waals surface area contributed by atoms with E-state index >= 15 is 0 Å². The maximum absolute atomic E-state index is 11.0. The van der Waals surface area contributed by atoms with Crippen LogP contribution in [-0.2, 0) is 10.5 Å². The Kier molecular flexibility index (Phi) is 5.70. The number of nitrogens with two attached hydrogens (primary N) is 1. The fourth-order valence-electron chi connectivity index (χ4n) is 1.51. The van der Waals surface area contributed by atoms with Crippen LogP contribution in [0.3, 0.4) is 0 Å². The molecule has 0 aliphatic carbocycles. The number of halogens is 1. The highest BCUT2D eigenvalue weighted by atomic mass is 79.9. The number of thioether (sulfide) groups is 1. The predicted molar refractivity (Wildman–Crippen MR) is 81.7 cm³/mol. The maximum atomic E-state index is 11.0. The van der Waals surface area contributed by atoms with Crippen molar-refractivity contribution >= 4 is 33.7 Å². The minimum atomic E-state index is -0.987. The molecule has 0 bridgehead atoms. The SMILES string of the molecule is COc1ccc(Br)cc1CSC(C)(C)[C@H](N)C(=O)O. The Balaban J connectivity index is 2.81. The van der Waals surface area contributed by atoms with Crippen molar-refractivity contribution in [1.82, 2.24) is 0 Å². The number of benzene rings is 1. The third-order valence-corrected chi connectivity index (χ3v) is 4.80. The van der Waals surface area contributed by atoms with Gasteiger partial charge in [-0.1, -0.05) is 15.9 Å². The van der Waals surface area contributed by atoms with Crippen LogP contribution in [0.25, 0.3) is 0 Å². The Morgan fingerprint density at radius 3 is 2.74 bits per heavy atom. The normalized spacial score (nSPS) is 13.1. The van der Waals surface area contributed by atoms with E-state index in [9.17, 15) is 4.79 Å². The summed E-state index contributed by atoms with van der Waals surface area (Å²) in [5, 5.41) is 8.99. The number of carboxylic acid groups (broad SMARTS) is 1. The van der Waals surface area contributed by atoms with Gasteiger partial charge in [0.15, 0.2) is 0 Å². The van der Waals surface area contributed by atoms with Crippen LogP contribution < -0.4 is 10.5 Å². The van der Waals surface area contributed by atoms with Gasteiger partial charge in [0.25, 0.3) is 0 Å². The molecular formula is C13H18BrNO3S. The number of aliphatic carboxylic acids is 1. The van der Waals surface area contributed by atoms with Crippen molar-refractivity contribution in [3.8, 4) is 5.75 Å². The van der Waals surface area contributed by atoms with Gasteiger partial charge >= 0.3 is 5.97 Å². The molecule has 4 nitrogen and oxygen atoms in total. The molecule has 0 amide bonds. The third-order valence-electron chi connectivity index (χ3n) is 2.86. The van der Waals surface area contributed by atoms with Gasteiger partial charge < -0.3 is 15.6 Å². The maximum Gasteiger partial charge on any atom is 0.321 e. The summed E-state index contributed by atoms with van der Waals surface area (Å²) >= 11 is 4.91. The molecule has 0 aliphatic rings. The van der Waals surface area contributed by atoms with Gasteiger partial charge in [-0.15, -0.1) is 11.8 Å². The molecule has 0 saturated heterocycles. The molecule has 0 unspecified atom stereocenters. The summed E-state index contributed by atoms with van der Waals surface area (Å²) in [7, 11) is 1.62. The molecule has 3 N–H and O–H groups in total. The van der Waals surface area contributed by atoms with Crippen LogP contribution >= 0.6 is 27.7 Å². The molecule has 0 fully saturated rings. The molecular weight excluding hydrogens is 330 g/mol. The van der Waals surface area contributed by atoms with Gasteiger partial charge in [-0.25, -0.2) is 0 Å². The number of methoxy groups -OCH3 is 1. The molecule has 0 radical (unpaired) electrons. The lowest BCUT2D eigenvalue weighted by Gasteiger charge is -2.28. The van der Waals surface area contributed by atoms with Crippen LogP contribution in [0.4, 0.5) is 0 Å². The first kappa shape index (κ1) is 16.3. The molecule has 1 rings (SSSR count). The second-order valence-electron chi connectivity index (χ2n) is 4.66. The number of hydrogen-bond donors (Lipinski definition) is 2. The van der Waals surface area contributed by atoms with Crippen LogP contribution in [0.5, 0.6) is 5.75 Å². The summed E-state index contributed by atoms with van der Waals surface area (Å²) in [6.07, 6.45) is 0. The quantitative estimate of drug-likeness (QED) is 0.827. The lowest BCUT2D eigenvalue weighted by molar-refractivity contribution is -0.139. The van der Waals surface area contributed by atoms with Gasteiger partial charge in [0.1, 0.15) is 11.8 Å². The lowest BCUT2D eigenvalue weighted by Crippen LogP contribution is -2.46. The van der Waals surface area contributed by atoms with E-state index in [1.54, 1.807) is 7.11 Å². The Bertz CT molecular complexity index is 465. The highest BCUT2D eigenvalue weighted by Crippen LogP contribution is 2.34. The molecule has 0 spiro atoms. The van der Waals surface area contributed by atoms with Gasteiger partial charge in [0.05, 0.1) is 7.11 Å². The van der Waals surface area contributed by atoms with E-state index in [0.717, 1.165) is 15.8 Å². The standard InChI is InChI=1S/C13H18BrNO3S/c1-13(2,11(15)12(16)17)19-7-8-6-9(14)4-5-10(8)18-3/h4-6,11H,7,15H2,1-3H3,(H,16,17)/t11-/m1/s1. The molecule has 0 saturated carbocycles. The summed E-state index contributed by atoms with van der Waals surface area (Å²) in [6.45, 7) is 3.67. The molecule has 1 aromatic carbocycles. The number of carboxylic acids is 1. The van der Waals surface area contributed by atoms with Crippen LogP contribution in [0.1, 0.15) is 19.4 Å². The van der Waals surface area contributed by atoms with Gasteiger partial charge in [-0.05, 0) is 32.0 Å². The zero-order valence-electron chi connectivity index (χ0n) is 11.1. The first-order valence-corrected chi connectivity index (χ1v) is 7.50. The first-order valence-electron chi connectivity index (χ1n) is 5.72. The predicted octanol–water partition coefficient (Wildman–Crippen LogP) is 2.88. The minimum absolute atomic E-state index is 0.556. The first-order chi connectivity index (χ1) is 8.77. The van der Waals surface area contributed by atoms with E-state index in [2.05, 4.69) is 15.9 Å². The number of rotatable bonds is 6. The van der Waals surface area contributed by atoms with E-state index in [0.29, 0.717) is 5.75 Å². The topological polar surface area (TPSA) is 72.5 Å². The molecule has 1 atom stereocenters. The van der Waals surface area contributed by atoms with Gasteiger partial charge in [0.2, 0.25) is 0 Å². The molecule has 0 aliphatic heterocycles. The van der Waals surface area contributed by atoms with Crippen LogP contribution in [0.15, 0.2) is 22.7 Å². The van der Waals surface area contributed by atoms with E-state index in [-0.39, 0.29) is 0 Å². The van der Waals surface area contributed by atoms with Crippen molar-refractivity contribution in [1.29, 1.82) is 0 Å². The largest absolute Gasteiger partial charge is 0.496 e. The van der Waals surface area contributed by atoms with Crippen LogP contribution in [0, 0.1) is 0 Å². The summed E-state index contributed by atoms with van der Waals surface area (Å²) in [6, 6.07) is 4.84. The van der Waals surface area contributed by atoms with Crippen molar-refractivity contribution in [2.24, 2.45) is 5.73 Å². The molecule has 106 valence electrons. The summed E-state index contributed by atoms with van der Waals surface area (Å²) < 4.78 is 5.70. The van der Waals surface area contributed by atoms with E-state index in [4.69, 9.17) is 15.6 Å². The van der Waals surface area contributed by atoms with Crippen LogP contribution in [-0.4, -0.2) is 29.0 Å². The number of ether oxygens (including phenoxy) is 1. The Morgan fingerprint density at radius 1 is 1.58 bits per heavy atom. The average Bonchev–Trinajstić information content (AvgIpc) is 2.35. The van der Waals surface area contributed by atoms with Gasteiger partial charge in [0, 0.05) is 20.5 Å². The summed E-state index contributed by atoms with van der Waals surface area (Å²) in [4.78, 5) is 11.0.